The van der Waals surface area contributed by atoms with Gasteiger partial charge in [0.15, 0.2) is 6.29 Å². The standard InChI is InChI=1S/C12H24O11/c13-1-4(16)7(18)11(5(17)2-14)23-12-10(21)9(20)8(19)6(3-15)22-12/h4-21H,1-3H2/t4?,5?,6-,7?,8?,9+,10?,11?,12-/m1/s1. The van der Waals surface area contributed by atoms with Crippen LogP contribution in [0.25, 0.3) is 0 Å². The van der Waals surface area contributed by atoms with Crippen molar-refractivity contribution in [2.75, 3.05) is 19.8 Å². The first kappa shape index (κ1) is 20.6. The van der Waals surface area contributed by atoms with E-state index in [1.807, 2.05) is 0 Å². The highest BCUT2D eigenvalue weighted by molar-refractivity contribution is 4.91. The maximum absolute atomic E-state index is 9.83. The van der Waals surface area contributed by atoms with Gasteiger partial charge >= 0.3 is 0 Å². The van der Waals surface area contributed by atoms with Gasteiger partial charge in [0.1, 0.15) is 48.8 Å². The van der Waals surface area contributed by atoms with Crippen molar-refractivity contribution < 1.29 is 55.4 Å². The van der Waals surface area contributed by atoms with Crippen LogP contribution in [0.2, 0.25) is 0 Å². The number of rotatable bonds is 8. The Hall–Kier alpha value is -0.440. The van der Waals surface area contributed by atoms with Crippen LogP contribution in [0.4, 0.5) is 0 Å². The Labute approximate surface area is 131 Å². The van der Waals surface area contributed by atoms with E-state index in [1.165, 1.54) is 0 Å². The zero-order valence-electron chi connectivity index (χ0n) is 12.2. The van der Waals surface area contributed by atoms with E-state index >= 15 is 0 Å². The quantitative estimate of drug-likeness (QED) is 0.203. The minimum Gasteiger partial charge on any atom is -0.394 e. The molecule has 6 unspecified atom stereocenters. The summed E-state index contributed by atoms with van der Waals surface area (Å²) in [5, 5.41) is 84.9. The molecule has 0 saturated carbocycles. The topological polar surface area (TPSA) is 201 Å². The molecule has 0 amide bonds. The van der Waals surface area contributed by atoms with Crippen molar-refractivity contribution in [2.24, 2.45) is 0 Å². The van der Waals surface area contributed by atoms with Gasteiger partial charge in [-0.25, -0.2) is 0 Å². The number of hydrogen-bond donors (Lipinski definition) is 9. The molecule has 0 aromatic rings. The Bertz CT molecular complexity index is 341. The summed E-state index contributed by atoms with van der Waals surface area (Å²) < 4.78 is 10.1. The van der Waals surface area contributed by atoms with Gasteiger partial charge in [-0.3, -0.25) is 0 Å². The summed E-state index contributed by atoms with van der Waals surface area (Å²) in [7, 11) is 0. The fraction of sp³-hybridized carbons (Fsp3) is 1.00. The molecule has 0 aliphatic carbocycles. The summed E-state index contributed by atoms with van der Waals surface area (Å²) in [6.45, 7) is -2.45. The van der Waals surface area contributed by atoms with Crippen LogP contribution < -0.4 is 0 Å². The summed E-state index contributed by atoms with van der Waals surface area (Å²) in [6.07, 6.45) is -15.1. The molecule has 0 spiro atoms. The lowest BCUT2D eigenvalue weighted by Gasteiger charge is -2.42. The zero-order valence-corrected chi connectivity index (χ0v) is 12.2. The molecule has 1 saturated heterocycles. The number of aliphatic hydroxyl groups excluding tert-OH is 9. The minimum absolute atomic E-state index is 0.708. The molecule has 11 nitrogen and oxygen atoms in total. The Morgan fingerprint density at radius 3 is 1.87 bits per heavy atom. The molecule has 1 aliphatic rings. The summed E-state index contributed by atoms with van der Waals surface area (Å²) >= 11 is 0. The monoisotopic (exact) mass is 344 g/mol. The Morgan fingerprint density at radius 2 is 1.39 bits per heavy atom. The van der Waals surface area contributed by atoms with Crippen LogP contribution in [-0.2, 0) is 9.47 Å². The average Bonchev–Trinajstić information content (AvgIpc) is 2.57. The maximum atomic E-state index is 9.83. The van der Waals surface area contributed by atoms with Crippen LogP contribution in [0, 0.1) is 0 Å². The molecule has 0 radical (unpaired) electrons. The highest BCUT2D eigenvalue weighted by Crippen LogP contribution is 2.24. The van der Waals surface area contributed by atoms with Gasteiger partial charge in [0.25, 0.3) is 0 Å². The lowest BCUT2D eigenvalue weighted by Crippen LogP contribution is -2.61. The zero-order chi connectivity index (χ0) is 17.7. The molecule has 0 aromatic heterocycles. The third-order valence-corrected chi connectivity index (χ3v) is 3.62. The first-order valence-corrected chi connectivity index (χ1v) is 7.00. The number of hydrogen-bond acceptors (Lipinski definition) is 11. The van der Waals surface area contributed by atoms with E-state index in [0.29, 0.717) is 0 Å². The van der Waals surface area contributed by atoms with Crippen LogP contribution >= 0.6 is 0 Å². The van der Waals surface area contributed by atoms with Crippen LogP contribution in [0.5, 0.6) is 0 Å². The van der Waals surface area contributed by atoms with Crippen molar-refractivity contribution in [1.82, 2.24) is 0 Å². The van der Waals surface area contributed by atoms with E-state index in [-0.39, 0.29) is 0 Å². The first-order chi connectivity index (χ1) is 10.8. The molecule has 138 valence electrons. The van der Waals surface area contributed by atoms with Gasteiger partial charge in [0.2, 0.25) is 0 Å². The predicted octanol–water partition coefficient (Wildman–Crippen LogP) is -5.76. The summed E-state index contributed by atoms with van der Waals surface area (Å²) in [5.41, 5.74) is 0. The maximum Gasteiger partial charge on any atom is 0.187 e. The fourth-order valence-corrected chi connectivity index (χ4v) is 2.16. The lowest BCUT2D eigenvalue weighted by molar-refractivity contribution is -0.327. The van der Waals surface area contributed by atoms with Crippen LogP contribution in [0.1, 0.15) is 0 Å². The van der Waals surface area contributed by atoms with E-state index in [1.54, 1.807) is 0 Å². The third-order valence-electron chi connectivity index (χ3n) is 3.62. The molecule has 11 heteroatoms. The molecule has 1 heterocycles. The van der Waals surface area contributed by atoms with Crippen LogP contribution in [0.15, 0.2) is 0 Å². The number of aliphatic hydroxyl groups is 9. The molecule has 9 atom stereocenters. The van der Waals surface area contributed by atoms with Gasteiger partial charge in [-0.2, -0.15) is 0 Å². The molecular formula is C12H24O11. The van der Waals surface area contributed by atoms with Crippen molar-refractivity contribution in [2.45, 2.75) is 55.1 Å². The fourth-order valence-electron chi connectivity index (χ4n) is 2.16. The SMILES string of the molecule is OCC(O)C(O)C(O[C@H]1O[C@H](CO)C(O)[C@H](O)C1O)C(O)CO. The van der Waals surface area contributed by atoms with Gasteiger partial charge in [-0.15, -0.1) is 0 Å². The molecule has 1 rings (SSSR count). The van der Waals surface area contributed by atoms with E-state index in [0.717, 1.165) is 0 Å². The van der Waals surface area contributed by atoms with Gasteiger partial charge < -0.3 is 55.4 Å². The minimum atomic E-state index is -1.85. The predicted molar refractivity (Wildman–Crippen MR) is 70.8 cm³/mol. The number of ether oxygens (including phenoxy) is 2. The molecule has 9 N–H and O–H groups in total. The van der Waals surface area contributed by atoms with Gasteiger partial charge in [-0.05, 0) is 0 Å². The van der Waals surface area contributed by atoms with Crippen molar-refractivity contribution in [3.63, 3.8) is 0 Å². The molecule has 0 aromatic carbocycles. The van der Waals surface area contributed by atoms with Crippen molar-refractivity contribution in [3.8, 4) is 0 Å². The molecule has 0 bridgehead atoms. The van der Waals surface area contributed by atoms with Crippen molar-refractivity contribution in [1.29, 1.82) is 0 Å². The Morgan fingerprint density at radius 1 is 0.826 bits per heavy atom. The van der Waals surface area contributed by atoms with Crippen molar-refractivity contribution >= 4 is 0 Å². The van der Waals surface area contributed by atoms with Gasteiger partial charge in [-0.1, -0.05) is 0 Å². The van der Waals surface area contributed by atoms with E-state index in [9.17, 15) is 30.6 Å². The smallest absolute Gasteiger partial charge is 0.187 e. The lowest BCUT2D eigenvalue weighted by atomic mass is 9.98. The van der Waals surface area contributed by atoms with Gasteiger partial charge in [0, 0.05) is 0 Å². The Kier molecular flexibility index (Phi) is 8.20. The largest absolute Gasteiger partial charge is 0.394 e. The third kappa shape index (κ3) is 4.78. The highest BCUT2D eigenvalue weighted by atomic mass is 16.7. The Balaban J connectivity index is 2.89. The normalized spacial score (nSPS) is 37.2. The second kappa shape index (κ2) is 9.15. The second-order valence-electron chi connectivity index (χ2n) is 5.29. The summed E-state index contributed by atoms with van der Waals surface area (Å²) in [5.74, 6) is 0. The summed E-state index contributed by atoms with van der Waals surface area (Å²) in [4.78, 5) is 0. The van der Waals surface area contributed by atoms with Crippen LogP contribution in [0.3, 0.4) is 0 Å². The average molecular weight is 344 g/mol. The van der Waals surface area contributed by atoms with Gasteiger partial charge in [0.05, 0.1) is 19.8 Å². The second-order valence-corrected chi connectivity index (χ2v) is 5.29. The molecule has 23 heavy (non-hydrogen) atoms. The van der Waals surface area contributed by atoms with E-state index in [4.69, 9.17) is 24.8 Å². The molecular weight excluding hydrogens is 320 g/mol. The molecule has 1 fully saturated rings. The van der Waals surface area contributed by atoms with E-state index < -0.39 is 74.9 Å². The van der Waals surface area contributed by atoms with Crippen molar-refractivity contribution in [3.05, 3.63) is 0 Å². The summed E-state index contributed by atoms with van der Waals surface area (Å²) in [6, 6.07) is 0. The first-order valence-electron chi connectivity index (χ1n) is 7.00. The molecule has 1 aliphatic heterocycles. The van der Waals surface area contributed by atoms with E-state index in [2.05, 4.69) is 0 Å². The van der Waals surface area contributed by atoms with Crippen LogP contribution in [-0.4, -0.2) is 121 Å². The highest BCUT2D eigenvalue weighted by Gasteiger charge is 2.46.